The molecule has 0 spiro atoms. The Hall–Kier alpha value is -2.11. The summed E-state index contributed by atoms with van der Waals surface area (Å²) in [4.78, 5) is 16.2. The van der Waals surface area contributed by atoms with Gasteiger partial charge in [-0.1, -0.05) is 42.4 Å². The van der Waals surface area contributed by atoms with Crippen molar-refractivity contribution in [1.29, 1.82) is 0 Å². The minimum absolute atomic E-state index is 0.0858. The Labute approximate surface area is 136 Å². The van der Waals surface area contributed by atoms with E-state index in [0.717, 1.165) is 10.6 Å². The first kappa shape index (κ1) is 16.3. The molecule has 0 aliphatic rings. The number of aromatic nitrogens is 2. The maximum absolute atomic E-state index is 14.3. The van der Waals surface area contributed by atoms with Crippen molar-refractivity contribution >= 4 is 45.6 Å². The highest BCUT2D eigenvalue weighted by molar-refractivity contribution is 6.35. The largest absolute Gasteiger partial charge is 0.372 e. The van der Waals surface area contributed by atoms with Crippen LogP contribution in [-0.2, 0) is 0 Å². The lowest BCUT2D eigenvalue weighted by Crippen LogP contribution is -2.24. The minimum Gasteiger partial charge on any atom is -0.372 e. The average molecular weight is 340 g/mol. The predicted octanol–water partition coefficient (Wildman–Crippen LogP) is 4.01. The molecule has 0 bridgehead atoms. The number of allylic oxidation sites excluding steroid dienone is 4. The van der Waals surface area contributed by atoms with Crippen LogP contribution < -0.4 is 11.0 Å². The fourth-order valence-corrected chi connectivity index (χ4v) is 2.43. The number of hydrogen-bond acceptors (Lipinski definition) is 3. The molecule has 0 saturated carbocycles. The van der Waals surface area contributed by atoms with E-state index in [1.165, 1.54) is 18.2 Å². The van der Waals surface area contributed by atoms with E-state index in [1.807, 2.05) is 0 Å². The van der Waals surface area contributed by atoms with Crippen LogP contribution in [0.1, 0.15) is 0 Å². The minimum atomic E-state index is -0.645. The first-order valence-corrected chi connectivity index (χ1v) is 6.93. The highest BCUT2D eigenvalue weighted by atomic mass is 35.5. The van der Waals surface area contributed by atoms with Crippen molar-refractivity contribution in [2.24, 2.45) is 0 Å². The van der Waals surface area contributed by atoms with Crippen LogP contribution in [-0.4, -0.2) is 16.6 Å². The molecule has 2 rings (SSSR count). The summed E-state index contributed by atoms with van der Waals surface area (Å²) >= 11 is 11.9. The van der Waals surface area contributed by atoms with Crippen LogP contribution in [0.15, 0.2) is 47.3 Å². The summed E-state index contributed by atoms with van der Waals surface area (Å²) in [5.74, 6) is -0.491. The van der Waals surface area contributed by atoms with E-state index in [4.69, 9.17) is 23.2 Å². The van der Waals surface area contributed by atoms with Crippen molar-refractivity contribution in [3.05, 3.63) is 63.8 Å². The molecule has 0 fully saturated rings. The van der Waals surface area contributed by atoms with Crippen LogP contribution in [0.4, 0.5) is 10.2 Å². The third-order valence-corrected chi connectivity index (χ3v) is 3.35. The number of nitrogens with zero attached hydrogens (tertiary/aromatic N) is 2. The van der Waals surface area contributed by atoms with Crippen molar-refractivity contribution in [3.8, 4) is 0 Å². The Morgan fingerprint density at radius 1 is 1.50 bits per heavy atom. The van der Waals surface area contributed by atoms with Gasteiger partial charge in [0.1, 0.15) is 11.6 Å². The molecule has 2 aromatic rings. The molecular formula is C15H12Cl2FN3O. The monoisotopic (exact) mass is 339 g/mol. The number of anilines is 1. The smallest absolute Gasteiger partial charge is 0.354 e. The molecule has 7 heteroatoms. The number of rotatable bonds is 4. The Morgan fingerprint density at radius 2 is 2.18 bits per heavy atom. The van der Waals surface area contributed by atoms with Gasteiger partial charge in [0, 0.05) is 12.1 Å². The number of nitrogens with one attached hydrogen (secondary N) is 1. The van der Waals surface area contributed by atoms with E-state index < -0.39 is 11.5 Å². The fraction of sp³-hybridized carbons (Fsp3) is 0.0667. The summed E-state index contributed by atoms with van der Waals surface area (Å²) < 4.78 is 15.4. The van der Waals surface area contributed by atoms with Gasteiger partial charge in [0.15, 0.2) is 0 Å². The summed E-state index contributed by atoms with van der Waals surface area (Å²) in [7, 11) is 1.54. The quantitative estimate of drug-likeness (QED) is 0.856. The van der Waals surface area contributed by atoms with Gasteiger partial charge in [-0.25, -0.2) is 9.18 Å². The lowest BCUT2D eigenvalue weighted by Gasteiger charge is -2.15. The Balaban J connectivity index is 3.06. The van der Waals surface area contributed by atoms with E-state index in [0.29, 0.717) is 0 Å². The van der Waals surface area contributed by atoms with E-state index in [9.17, 15) is 9.18 Å². The summed E-state index contributed by atoms with van der Waals surface area (Å²) in [5.41, 5.74) is -0.179. The van der Waals surface area contributed by atoms with Crippen molar-refractivity contribution in [2.75, 3.05) is 12.4 Å². The zero-order chi connectivity index (χ0) is 16.4. The Morgan fingerprint density at radius 3 is 2.73 bits per heavy atom. The van der Waals surface area contributed by atoms with Crippen LogP contribution in [0, 0.1) is 5.82 Å². The Kier molecular flexibility index (Phi) is 4.68. The highest BCUT2D eigenvalue weighted by Gasteiger charge is 2.17. The first-order valence-electron chi connectivity index (χ1n) is 6.18. The summed E-state index contributed by atoms with van der Waals surface area (Å²) in [6.45, 7) is 7.17. The summed E-state index contributed by atoms with van der Waals surface area (Å²) in [6, 6.07) is 2.61. The van der Waals surface area contributed by atoms with Crippen LogP contribution >= 0.6 is 23.2 Å². The summed E-state index contributed by atoms with van der Waals surface area (Å²) in [5, 5.41) is 3.05. The molecular weight excluding hydrogens is 328 g/mol. The standard InChI is InChI=1S/C15H12Cl2FN3O/c1-4-5-11(8(2)16)21-12-7-9(17)6-10(18)13(12)14(19-3)20-15(21)22/h4-7H,1-2H2,3H3,(H,19,20,22)/b11-5+. The molecule has 4 nitrogen and oxygen atoms in total. The van der Waals surface area contributed by atoms with Gasteiger partial charge in [0.05, 0.1) is 21.6 Å². The molecule has 0 radical (unpaired) electrons. The number of fused-ring (bicyclic) bond motifs is 1. The molecule has 0 aliphatic carbocycles. The molecule has 1 N–H and O–H groups in total. The second kappa shape index (κ2) is 6.34. The van der Waals surface area contributed by atoms with E-state index >= 15 is 0 Å². The van der Waals surface area contributed by atoms with Gasteiger partial charge >= 0.3 is 5.69 Å². The molecule has 0 saturated heterocycles. The van der Waals surface area contributed by atoms with Gasteiger partial charge in [-0.15, -0.1) is 0 Å². The lowest BCUT2D eigenvalue weighted by atomic mass is 10.2. The van der Waals surface area contributed by atoms with Crippen molar-refractivity contribution < 1.29 is 4.39 Å². The lowest BCUT2D eigenvalue weighted by molar-refractivity contribution is 0.639. The second-order valence-corrected chi connectivity index (χ2v) is 5.20. The van der Waals surface area contributed by atoms with Gasteiger partial charge in [-0.2, -0.15) is 4.98 Å². The zero-order valence-corrected chi connectivity index (χ0v) is 13.2. The molecule has 0 atom stereocenters. The van der Waals surface area contributed by atoms with Crippen molar-refractivity contribution in [1.82, 2.24) is 9.55 Å². The third-order valence-electron chi connectivity index (χ3n) is 2.94. The normalized spacial score (nSPS) is 11.5. The number of halogens is 3. The maximum atomic E-state index is 14.3. The van der Waals surface area contributed by atoms with E-state index in [1.54, 1.807) is 7.05 Å². The topological polar surface area (TPSA) is 46.9 Å². The van der Waals surface area contributed by atoms with Gasteiger partial charge in [-0.05, 0) is 18.2 Å². The predicted molar refractivity (Wildman–Crippen MR) is 90.0 cm³/mol. The van der Waals surface area contributed by atoms with Crippen LogP contribution in [0.3, 0.4) is 0 Å². The zero-order valence-electron chi connectivity index (χ0n) is 11.7. The van der Waals surface area contributed by atoms with Crippen LogP contribution in [0.25, 0.3) is 16.6 Å². The molecule has 0 amide bonds. The fourth-order valence-electron chi connectivity index (χ4n) is 2.09. The molecule has 1 heterocycles. The second-order valence-electron chi connectivity index (χ2n) is 4.30. The van der Waals surface area contributed by atoms with Gasteiger partial charge in [0.25, 0.3) is 0 Å². The van der Waals surface area contributed by atoms with Crippen molar-refractivity contribution in [2.45, 2.75) is 0 Å². The number of hydrogen-bond donors (Lipinski definition) is 1. The van der Waals surface area contributed by atoms with Gasteiger partial charge in [-0.3, -0.25) is 4.57 Å². The molecule has 114 valence electrons. The van der Waals surface area contributed by atoms with Crippen molar-refractivity contribution in [3.63, 3.8) is 0 Å². The maximum Gasteiger partial charge on any atom is 0.354 e. The van der Waals surface area contributed by atoms with Gasteiger partial charge in [0.2, 0.25) is 0 Å². The van der Waals surface area contributed by atoms with E-state index in [2.05, 4.69) is 23.5 Å². The van der Waals surface area contributed by atoms with Crippen LogP contribution in [0.2, 0.25) is 5.02 Å². The molecule has 1 aromatic heterocycles. The van der Waals surface area contributed by atoms with Crippen LogP contribution in [0.5, 0.6) is 0 Å². The SMILES string of the molecule is C=C/C=C(\C(=C)Cl)n1c(=O)nc(NC)c2c(F)cc(Cl)cc21. The molecule has 0 aliphatic heterocycles. The number of benzene rings is 1. The molecule has 0 unspecified atom stereocenters. The first-order chi connectivity index (χ1) is 10.4. The third kappa shape index (κ3) is 2.77. The Bertz CT molecular complexity index is 871. The highest BCUT2D eigenvalue weighted by Crippen LogP contribution is 2.29. The van der Waals surface area contributed by atoms with Gasteiger partial charge < -0.3 is 5.32 Å². The molecule has 22 heavy (non-hydrogen) atoms. The molecule has 1 aromatic carbocycles. The van der Waals surface area contributed by atoms with E-state index in [-0.39, 0.29) is 32.5 Å². The average Bonchev–Trinajstić information content (AvgIpc) is 2.44. The summed E-state index contributed by atoms with van der Waals surface area (Å²) in [6.07, 6.45) is 2.92.